The Morgan fingerprint density at radius 3 is 2.83 bits per heavy atom. The van der Waals surface area contributed by atoms with Gasteiger partial charge in [-0.2, -0.15) is 5.10 Å². The molecule has 0 saturated carbocycles. The largest absolute Gasteiger partial charge is 0.338 e. The normalized spacial score (nSPS) is 21.1. The number of hydrogen-bond acceptors (Lipinski definition) is 5. The summed E-state index contributed by atoms with van der Waals surface area (Å²) < 4.78 is 1.69. The number of aryl methyl sites for hydroxylation is 2. The van der Waals surface area contributed by atoms with Gasteiger partial charge in [-0.3, -0.25) is 14.3 Å². The molecule has 0 aliphatic carbocycles. The minimum atomic E-state index is -0.314. The molecule has 2 amide bonds. The molecule has 1 fully saturated rings. The van der Waals surface area contributed by atoms with Gasteiger partial charge < -0.3 is 10.2 Å². The standard InChI is InChI=1S/C16H21N5O2S/c1-4-11-8-17-16(24-11)19-15(23)12-5-6-13(22)21(3)14(12)10-7-18-20(2)9-10/h7-9,12,14H,4-6H2,1-3H3,(H,17,19,23)/t12-,14-/m1/s1. The van der Waals surface area contributed by atoms with Gasteiger partial charge in [0.25, 0.3) is 0 Å². The number of piperidine rings is 1. The zero-order valence-electron chi connectivity index (χ0n) is 14.0. The van der Waals surface area contributed by atoms with Gasteiger partial charge in [0.15, 0.2) is 5.13 Å². The topological polar surface area (TPSA) is 80.1 Å². The number of likely N-dealkylation sites (tertiary alicyclic amines) is 1. The summed E-state index contributed by atoms with van der Waals surface area (Å²) in [6, 6.07) is -0.300. The van der Waals surface area contributed by atoms with Gasteiger partial charge in [0.05, 0.1) is 18.2 Å². The van der Waals surface area contributed by atoms with Crippen LogP contribution in [0.5, 0.6) is 0 Å². The Balaban J connectivity index is 1.83. The molecular weight excluding hydrogens is 326 g/mol. The van der Waals surface area contributed by atoms with Crippen LogP contribution < -0.4 is 5.32 Å². The van der Waals surface area contributed by atoms with Crippen molar-refractivity contribution in [2.45, 2.75) is 32.2 Å². The predicted octanol–water partition coefficient (Wildman–Crippen LogP) is 1.99. The van der Waals surface area contributed by atoms with Crippen molar-refractivity contribution in [2.75, 3.05) is 12.4 Å². The Bertz CT molecular complexity index is 753. The summed E-state index contributed by atoms with van der Waals surface area (Å²) in [6.45, 7) is 2.05. The molecule has 7 nitrogen and oxygen atoms in total. The second-order valence-electron chi connectivity index (χ2n) is 6.02. The monoisotopic (exact) mass is 347 g/mol. The minimum absolute atomic E-state index is 0.0513. The molecule has 1 aliphatic rings. The van der Waals surface area contributed by atoms with Crippen LogP contribution in [0.2, 0.25) is 0 Å². The van der Waals surface area contributed by atoms with Crippen molar-refractivity contribution >= 4 is 28.3 Å². The van der Waals surface area contributed by atoms with Gasteiger partial charge in [-0.1, -0.05) is 6.92 Å². The molecule has 1 aliphatic heterocycles. The van der Waals surface area contributed by atoms with E-state index in [4.69, 9.17) is 0 Å². The average molecular weight is 347 g/mol. The van der Waals surface area contributed by atoms with E-state index in [2.05, 4.69) is 22.3 Å². The van der Waals surface area contributed by atoms with Gasteiger partial charge in [0, 0.05) is 43.4 Å². The lowest BCUT2D eigenvalue weighted by Gasteiger charge is -2.37. The van der Waals surface area contributed by atoms with Crippen molar-refractivity contribution in [1.82, 2.24) is 19.7 Å². The average Bonchev–Trinajstić information content (AvgIpc) is 3.18. The zero-order chi connectivity index (χ0) is 17.3. The van der Waals surface area contributed by atoms with Crippen LogP contribution in [-0.2, 0) is 23.1 Å². The molecule has 3 rings (SSSR count). The molecule has 0 bridgehead atoms. The number of aromatic nitrogens is 3. The van der Waals surface area contributed by atoms with Crippen LogP contribution in [0.25, 0.3) is 0 Å². The molecule has 128 valence electrons. The number of nitrogens with zero attached hydrogens (tertiary/aromatic N) is 4. The summed E-state index contributed by atoms with van der Waals surface area (Å²) in [5.41, 5.74) is 0.876. The second kappa shape index (κ2) is 6.72. The van der Waals surface area contributed by atoms with Gasteiger partial charge in [0.2, 0.25) is 11.8 Å². The first-order chi connectivity index (χ1) is 11.5. The molecule has 0 aromatic carbocycles. The SMILES string of the molecule is CCc1cnc(NC(=O)[C@@H]2CCC(=O)N(C)[C@@H]2c2cnn(C)c2)s1. The number of hydrogen-bond donors (Lipinski definition) is 1. The summed E-state index contributed by atoms with van der Waals surface area (Å²) in [7, 11) is 3.57. The van der Waals surface area contributed by atoms with E-state index >= 15 is 0 Å². The Morgan fingerprint density at radius 1 is 1.42 bits per heavy atom. The van der Waals surface area contributed by atoms with E-state index in [1.807, 2.05) is 13.2 Å². The van der Waals surface area contributed by atoms with Crippen molar-refractivity contribution < 1.29 is 9.59 Å². The van der Waals surface area contributed by atoms with E-state index < -0.39 is 0 Å². The van der Waals surface area contributed by atoms with Gasteiger partial charge >= 0.3 is 0 Å². The summed E-state index contributed by atoms with van der Waals surface area (Å²) in [6.07, 6.45) is 7.17. The number of thiazole rings is 1. The molecular formula is C16H21N5O2S. The first-order valence-electron chi connectivity index (χ1n) is 7.99. The summed E-state index contributed by atoms with van der Waals surface area (Å²) in [4.78, 5) is 31.9. The van der Waals surface area contributed by atoms with Crippen LogP contribution in [0.3, 0.4) is 0 Å². The van der Waals surface area contributed by atoms with Crippen LogP contribution in [0.15, 0.2) is 18.6 Å². The highest BCUT2D eigenvalue weighted by Gasteiger charge is 2.39. The summed E-state index contributed by atoms with van der Waals surface area (Å²) >= 11 is 1.49. The molecule has 0 spiro atoms. The number of amides is 2. The molecule has 2 aromatic heterocycles. The van der Waals surface area contributed by atoms with Gasteiger partial charge in [0.1, 0.15) is 0 Å². The third-order valence-corrected chi connectivity index (χ3v) is 5.45. The van der Waals surface area contributed by atoms with Crippen LogP contribution in [0, 0.1) is 5.92 Å². The molecule has 24 heavy (non-hydrogen) atoms. The fraction of sp³-hybridized carbons (Fsp3) is 0.500. The van der Waals surface area contributed by atoms with Gasteiger partial charge in [-0.05, 0) is 12.8 Å². The third kappa shape index (κ3) is 3.19. The van der Waals surface area contributed by atoms with E-state index in [-0.39, 0.29) is 23.8 Å². The van der Waals surface area contributed by atoms with Crippen LogP contribution in [0.4, 0.5) is 5.13 Å². The van der Waals surface area contributed by atoms with Gasteiger partial charge in [-0.15, -0.1) is 11.3 Å². The highest BCUT2D eigenvalue weighted by atomic mass is 32.1. The Morgan fingerprint density at radius 2 is 2.21 bits per heavy atom. The Kier molecular flexibility index (Phi) is 4.66. The smallest absolute Gasteiger partial charge is 0.231 e. The molecule has 0 radical (unpaired) electrons. The summed E-state index contributed by atoms with van der Waals surface area (Å²) in [5, 5.41) is 7.70. The maximum atomic E-state index is 12.8. The second-order valence-corrected chi connectivity index (χ2v) is 7.13. The molecule has 2 atom stereocenters. The molecule has 3 heterocycles. The molecule has 0 unspecified atom stereocenters. The first kappa shape index (κ1) is 16.6. The predicted molar refractivity (Wildman–Crippen MR) is 91.6 cm³/mol. The fourth-order valence-electron chi connectivity index (χ4n) is 3.09. The van der Waals surface area contributed by atoms with Crippen LogP contribution in [-0.4, -0.2) is 38.5 Å². The van der Waals surface area contributed by atoms with Crippen molar-refractivity contribution in [1.29, 1.82) is 0 Å². The summed E-state index contributed by atoms with van der Waals surface area (Å²) in [5.74, 6) is -0.360. The minimum Gasteiger partial charge on any atom is -0.338 e. The van der Waals surface area contributed by atoms with Crippen LogP contribution in [0.1, 0.15) is 36.2 Å². The first-order valence-corrected chi connectivity index (χ1v) is 8.81. The van der Waals surface area contributed by atoms with Crippen molar-refractivity contribution in [3.05, 3.63) is 29.0 Å². The van der Waals surface area contributed by atoms with E-state index in [0.717, 1.165) is 16.9 Å². The lowest BCUT2D eigenvalue weighted by atomic mass is 9.85. The van der Waals surface area contributed by atoms with Crippen LogP contribution >= 0.6 is 11.3 Å². The highest BCUT2D eigenvalue weighted by Crippen LogP contribution is 2.36. The van der Waals surface area contributed by atoms with Crippen molar-refractivity contribution in [2.24, 2.45) is 13.0 Å². The fourth-order valence-corrected chi connectivity index (χ4v) is 3.84. The quantitative estimate of drug-likeness (QED) is 0.917. The van der Waals surface area contributed by atoms with Crippen molar-refractivity contribution in [3.63, 3.8) is 0 Å². The maximum absolute atomic E-state index is 12.8. The Hall–Kier alpha value is -2.22. The third-order valence-electron chi connectivity index (χ3n) is 4.40. The molecule has 8 heteroatoms. The zero-order valence-corrected chi connectivity index (χ0v) is 14.8. The molecule has 2 aromatic rings. The lowest BCUT2D eigenvalue weighted by molar-refractivity contribution is -0.140. The molecule has 1 N–H and O–H groups in total. The van der Waals surface area contributed by atoms with E-state index in [0.29, 0.717) is 18.0 Å². The molecule has 1 saturated heterocycles. The number of carbonyl (C=O) groups excluding carboxylic acids is 2. The number of carbonyl (C=O) groups is 2. The van der Waals surface area contributed by atoms with E-state index in [1.54, 1.807) is 29.0 Å². The highest BCUT2D eigenvalue weighted by molar-refractivity contribution is 7.15. The van der Waals surface area contributed by atoms with Gasteiger partial charge in [-0.25, -0.2) is 4.98 Å². The lowest BCUT2D eigenvalue weighted by Crippen LogP contribution is -2.44. The maximum Gasteiger partial charge on any atom is 0.231 e. The Labute approximate surface area is 144 Å². The number of nitrogens with one attached hydrogen (secondary N) is 1. The van der Waals surface area contributed by atoms with Crippen molar-refractivity contribution in [3.8, 4) is 0 Å². The van der Waals surface area contributed by atoms with E-state index in [9.17, 15) is 9.59 Å². The number of anilines is 1. The van der Waals surface area contributed by atoms with E-state index in [1.165, 1.54) is 11.3 Å². The number of rotatable bonds is 4.